The summed E-state index contributed by atoms with van der Waals surface area (Å²) in [5.41, 5.74) is -0.436. The van der Waals surface area contributed by atoms with Crippen LogP contribution in [0.5, 0.6) is 0 Å². The Balaban J connectivity index is 1.89. The van der Waals surface area contributed by atoms with Crippen LogP contribution < -0.4 is 5.32 Å². The molecule has 4 heteroatoms. The zero-order valence-corrected chi connectivity index (χ0v) is 13.0. The number of alkyl carbamates (subject to hydrolysis) is 1. The topological polar surface area (TPSA) is 58.6 Å². The van der Waals surface area contributed by atoms with Gasteiger partial charge in [-0.15, -0.1) is 0 Å². The summed E-state index contributed by atoms with van der Waals surface area (Å²) >= 11 is 0. The van der Waals surface area contributed by atoms with Gasteiger partial charge in [-0.1, -0.05) is 6.42 Å². The number of aliphatic hydroxyl groups is 1. The van der Waals surface area contributed by atoms with Crippen LogP contribution in [0.2, 0.25) is 0 Å². The minimum atomic E-state index is -0.436. The molecule has 4 atom stereocenters. The molecule has 4 unspecified atom stereocenters. The van der Waals surface area contributed by atoms with E-state index in [-0.39, 0.29) is 18.7 Å². The first-order chi connectivity index (χ1) is 9.40. The second kappa shape index (κ2) is 6.33. The summed E-state index contributed by atoms with van der Waals surface area (Å²) in [6, 6.07) is 0.280. The summed E-state index contributed by atoms with van der Waals surface area (Å²) < 4.78 is 5.39. The number of unbranched alkanes of at least 4 members (excludes halogenated alkanes) is 1. The maximum absolute atomic E-state index is 12.0. The summed E-state index contributed by atoms with van der Waals surface area (Å²) in [5.74, 6) is 1.97. The molecule has 2 bridgehead atoms. The van der Waals surface area contributed by atoms with E-state index in [9.17, 15) is 4.79 Å². The van der Waals surface area contributed by atoms with Crippen molar-refractivity contribution in [2.75, 3.05) is 6.61 Å². The molecule has 2 N–H and O–H groups in total. The van der Waals surface area contributed by atoms with E-state index in [2.05, 4.69) is 5.32 Å². The second-order valence-electron chi connectivity index (χ2n) is 7.39. The Hall–Kier alpha value is -0.770. The first-order valence-electron chi connectivity index (χ1n) is 8.01. The largest absolute Gasteiger partial charge is 0.444 e. The van der Waals surface area contributed by atoms with Crippen molar-refractivity contribution < 1.29 is 14.6 Å². The zero-order valence-electron chi connectivity index (χ0n) is 13.0. The smallest absolute Gasteiger partial charge is 0.407 e. The van der Waals surface area contributed by atoms with Crippen LogP contribution >= 0.6 is 0 Å². The summed E-state index contributed by atoms with van der Waals surface area (Å²) in [6.07, 6.45) is 6.56. The van der Waals surface area contributed by atoms with Crippen molar-refractivity contribution in [3.63, 3.8) is 0 Å². The van der Waals surface area contributed by atoms with Gasteiger partial charge in [0.2, 0.25) is 0 Å². The maximum Gasteiger partial charge on any atom is 0.407 e. The third-order valence-corrected chi connectivity index (χ3v) is 4.72. The minimum Gasteiger partial charge on any atom is -0.444 e. The van der Waals surface area contributed by atoms with E-state index in [0.29, 0.717) is 11.8 Å². The minimum absolute atomic E-state index is 0.269. The Morgan fingerprint density at radius 1 is 1.25 bits per heavy atom. The van der Waals surface area contributed by atoms with Crippen LogP contribution in [0.1, 0.15) is 59.3 Å². The Morgan fingerprint density at radius 3 is 2.60 bits per heavy atom. The van der Waals surface area contributed by atoms with Crippen molar-refractivity contribution in [1.82, 2.24) is 5.32 Å². The average molecular weight is 283 g/mol. The lowest BCUT2D eigenvalue weighted by Crippen LogP contribution is -2.46. The highest BCUT2D eigenvalue weighted by molar-refractivity contribution is 5.68. The van der Waals surface area contributed by atoms with Crippen LogP contribution in [0.25, 0.3) is 0 Å². The first-order valence-corrected chi connectivity index (χ1v) is 8.01. The lowest BCUT2D eigenvalue weighted by atomic mass is 9.81. The molecular formula is C16H29NO3. The van der Waals surface area contributed by atoms with Gasteiger partial charge in [-0.25, -0.2) is 4.79 Å². The zero-order chi connectivity index (χ0) is 14.8. The first kappa shape index (κ1) is 15.6. The van der Waals surface area contributed by atoms with Gasteiger partial charge in [0.25, 0.3) is 0 Å². The molecule has 0 aliphatic heterocycles. The molecule has 2 fully saturated rings. The lowest BCUT2D eigenvalue weighted by molar-refractivity contribution is 0.0458. The van der Waals surface area contributed by atoms with E-state index in [0.717, 1.165) is 25.2 Å². The van der Waals surface area contributed by atoms with E-state index < -0.39 is 5.60 Å². The molecule has 2 aliphatic rings. The summed E-state index contributed by atoms with van der Waals surface area (Å²) in [5, 5.41) is 12.0. The Labute approximate surface area is 122 Å². The number of hydrogen-bond acceptors (Lipinski definition) is 3. The van der Waals surface area contributed by atoms with Crippen LogP contribution in [-0.2, 0) is 4.74 Å². The fraction of sp³-hybridized carbons (Fsp3) is 0.938. The van der Waals surface area contributed by atoms with Crippen LogP contribution in [0.15, 0.2) is 0 Å². The van der Waals surface area contributed by atoms with E-state index in [1.54, 1.807) is 0 Å². The molecule has 20 heavy (non-hydrogen) atoms. The highest BCUT2D eigenvalue weighted by atomic mass is 16.6. The molecule has 2 rings (SSSR count). The summed E-state index contributed by atoms with van der Waals surface area (Å²) in [7, 11) is 0. The predicted molar refractivity (Wildman–Crippen MR) is 78.4 cm³/mol. The standard InChI is InChI=1S/C16H29NO3/c1-16(2,3)20-15(19)17-14-12-8-7-11(10-12)13(14)6-4-5-9-18/h11-14,18H,4-10H2,1-3H3,(H,17,19). The molecule has 0 radical (unpaired) electrons. The number of nitrogens with one attached hydrogen (secondary N) is 1. The molecule has 0 aromatic carbocycles. The number of fused-ring (bicyclic) bond motifs is 2. The Morgan fingerprint density at radius 2 is 1.95 bits per heavy atom. The fourth-order valence-corrected chi connectivity index (χ4v) is 3.99. The third kappa shape index (κ3) is 3.87. The van der Waals surface area contributed by atoms with Crippen molar-refractivity contribution in [2.45, 2.75) is 70.9 Å². The second-order valence-corrected chi connectivity index (χ2v) is 7.39. The summed E-state index contributed by atoms with van der Waals surface area (Å²) in [6.45, 7) is 5.95. The quantitative estimate of drug-likeness (QED) is 0.762. The van der Waals surface area contributed by atoms with Gasteiger partial charge in [0.1, 0.15) is 5.60 Å². The lowest BCUT2D eigenvalue weighted by Gasteiger charge is -2.32. The fourth-order valence-electron chi connectivity index (χ4n) is 3.99. The van der Waals surface area contributed by atoms with Gasteiger partial charge in [0, 0.05) is 12.6 Å². The van der Waals surface area contributed by atoms with Crippen molar-refractivity contribution in [3.8, 4) is 0 Å². The van der Waals surface area contributed by atoms with Gasteiger partial charge < -0.3 is 15.2 Å². The molecule has 0 spiro atoms. The number of aliphatic hydroxyl groups excluding tert-OH is 1. The van der Waals surface area contributed by atoms with Crippen molar-refractivity contribution in [1.29, 1.82) is 0 Å². The average Bonchev–Trinajstić information content (AvgIpc) is 2.89. The molecule has 4 nitrogen and oxygen atoms in total. The number of carbonyl (C=O) groups is 1. The molecule has 116 valence electrons. The van der Waals surface area contributed by atoms with Gasteiger partial charge >= 0.3 is 6.09 Å². The van der Waals surface area contributed by atoms with Crippen LogP contribution in [0, 0.1) is 17.8 Å². The third-order valence-electron chi connectivity index (χ3n) is 4.72. The maximum atomic E-state index is 12.0. The van der Waals surface area contributed by atoms with E-state index >= 15 is 0 Å². The molecule has 2 saturated carbocycles. The molecule has 1 amide bonds. The normalized spacial score (nSPS) is 32.4. The van der Waals surface area contributed by atoms with Crippen LogP contribution in [0.4, 0.5) is 4.79 Å². The highest BCUT2D eigenvalue weighted by Gasteiger charge is 2.47. The Bertz CT molecular complexity index is 337. The van der Waals surface area contributed by atoms with Crippen molar-refractivity contribution >= 4 is 6.09 Å². The molecule has 2 aliphatic carbocycles. The predicted octanol–water partition coefficient (Wildman–Crippen LogP) is 3.09. The van der Waals surface area contributed by atoms with Crippen LogP contribution in [0.3, 0.4) is 0 Å². The van der Waals surface area contributed by atoms with E-state index in [4.69, 9.17) is 9.84 Å². The number of amides is 1. The van der Waals surface area contributed by atoms with Gasteiger partial charge in [-0.2, -0.15) is 0 Å². The van der Waals surface area contributed by atoms with Gasteiger partial charge in [-0.05, 0) is 70.6 Å². The Kier molecular flexibility index (Phi) is 4.95. The summed E-state index contributed by atoms with van der Waals surface area (Å²) in [4.78, 5) is 12.0. The number of rotatable bonds is 5. The van der Waals surface area contributed by atoms with E-state index in [1.807, 2.05) is 20.8 Å². The number of ether oxygens (including phenoxy) is 1. The molecule has 0 heterocycles. The van der Waals surface area contributed by atoms with E-state index in [1.165, 1.54) is 19.3 Å². The van der Waals surface area contributed by atoms with Crippen molar-refractivity contribution in [2.24, 2.45) is 17.8 Å². The number of carbonyl (C=O) groups excluding carboxylic acids is 1. The number of hydrogen-bond donors (Lipinski definition) is 2. The molecule has 0 saturated heterocycles. The van der Waals surface area contributed by atoms with Crippen LogP contribution in [-0.4, -0.2) is 29.4 Å². The molecule has 0 aromatic rings. The van der Waals surface area contributed by atoms with Gasteiger partial charge in [0.15, 0.2) is 0 Å². The SMILES string of the molecule is CC(C)(C)OC(=O)NC1C2CCC(C2)C1CCCCO. The highest BCUT2D eigenvalue weighted by Crippen LogP contribution is 2.50. The molecule has 0 aromatic heterocycles. The van der Waals surface area contributed by atoms with Crippen molar-refractivity contribution in [3.05, 3.63) is 0 Å². The monoisotopic (exact) mass is 283 g/mol. The van der Waals surface area contributed by atoms with Gasteiger partial charge in [0.05, 0.1) is 0 Å². The van der Waals surface area contributed by atoms with Gasteiger partial charge in [-0.3, -0.25) is 0 Å². The molecular weight excluding hydrogens is 254 g/mol.